The summed E-state index contributed by atoms with van der Waals surface area (Å²) in [4.78, 5) is 26.8. The van der Waals surface area contributed by atoms with Crippen molar-refractivity contribution in [3.63, 3.8) is 0 Å². The SMILES string of the molecule is O=C(Nc1ccc(N2CCCC2)cc1)c1ccc(C(=O)NC2CC2)cc1. The Labute approximate surface area is 153 Å². The maximum Gasteiger partial charge on any atom is 0.255 e. The van der Waals surface area contributed by atoms with Crippen LogP contribution < -0.4 is 15.5 Å². The first kappa shape index (κ1) is 16.6. The van der Waals surface area contributed by atoms with E-state index in [1.807, 2.05) is 24.3 Å². The third-order valence-corrected chi connectivity index (χ3v) is 4.92. The molecule has 2 aromatic rings. The van der Waals surface area contributed by atoms with Gasteiger partial charge in [-0.05, 0) is 74.2 Å². The van der Waals surface area contributed by atoms with E-state index in [-0.39, 0.29) is 11.8 Å². The summed E-state index contributed by atoms with van der Waals surface area (Å²) in [7, 11) is 0. The summed E-state index contributed by atoms with van der Waals surface area (Å²) in [6.07, 6.45) is 4.60. The Morgan fingerprint density at radius 2 is 1.38 bits per heavy atom. The Kier molecular flexibility index (Phi) is 4.61. The maximum absolute atomic E-state index is 12.4. The molecule has 2 fully saturated rings. The number of nitrogens with zero attached hydrogens (tertiary/aromatic N) is 1. The molecule has 5 nitrogen and oxygen atoms in total. The highest BCUT2D eigenvalue weighted by Crippen LogP contribution is 2.22. The zero-order valence-corrected chi connectivity index (χ0v) is 14.7. The van der Waals surface area contributed by atoms with Crippen molar-refractivity contribution in [1.29, 1.82) is 0 Å². The Morgan fingerprint density at radius 1 is 0.808 bits per heavy atom. The van der Waals surface area contributed by atoms with Crippen molar-refractivity contribution in [2.45, 2.75) is 31.7 Å². The van der Waals surface area contributed by atoms with Gasteiger partial charge in [-0.3, -0.25) is 9.59 Å². The van der Waals surface area contributed by atoms with E-state index in [0.717, 1.165) is 31.6 Å². The molecule has 26 heavy (non-hydrogen) atoms. The van der Waals surface area contributed by atoms with Gasteiger partial charge in [-0.1, -0.05) is 0 Å². The van der Waals surface area contributed by atoms with Gasteiger partial charge >= 0.3 is 0 Å². The molecule has 2 N–H and O–H groups in total. The highest BCUT2D eigenvalue weighted by molar-refractivity contribution is 6.05. The molecule has 1 saturated carbocycles. The lowest BCUT2D eigenvalue weighted by molar-refractivity contribution is 0.0949. The Balaban J connectivity index is 1.37. The van der Waals surface area contributed by atoms with Gasteiger partial charge in [0.25, 0.3) is 11.8 Å². The standard InChI is InChI=1S/C21H23N3O2/c25-20(22-17-7-8-17)15-3-5-16(6-4-15)21(26)23-18-9-11-19(12-10-18)24-13-1-2-14-24/h3-6,9-12,17H,1-2,7-8,13-14H2,(H,22,25)(H,23,26). The van der Waals surface area contributed by atoms with Gasteiger partial charge in [-0.15, -0.1) is 0 Å². The molecule has 2 aliphatic rings. The topological polar surface area (TPSA) is 61.4 Å². The smallest absolute Gasteiger partial charge is 0.255 e. The summed E-state index contributed by atoms with van der Waals surface area (Å²) in [5.41, 5.74) is 3.10. The number of benzene rings is 2. The quantitative estimate of drug-likeness (QED) is 0.869. The third kappa shape index (κ3) is 3.87. The Bertz CT molecular complexity index is 789. The fraction of sp³-hybridized carbons (Fsp3) is 0.333. The third-order valence-electron chi connectivity index (χ3n) is 4.92. The number of carbonyl (C=O) groups excluding carboxylic acids is 2. The number of hydrogen-bond donors (Lipinski definition) is 2. The molecule has 2 amide bonds. The molecular weight excluding hydrogens is 326 g/mol. The van der Waals surface area contributed by atoms with E-state index < -0.39 is 0 Å². The van der Waals surface area contributed by atoms with Gasteiger partial charge in [0.15, 0.2) is 0 Å². The second kappa shape index (κ2) is 7.20. The summed E-state index contributed by atoms with van der Waals surface area (Å²) in [6.45, 7) is 2.21. The van der Waals surface area contributed by atoms with Crippen LogP contribution in [-0.4, -0.2) is 30.9 Å². The number of amides is 2. The lowest BCUT2D eigenvalue weighted by Crippen LogP contribution is -2.25. The molecule has 5 heteroatoms. The van der Waals surface area contributed by atoms with Crippen LogP contribution in [0.4, 0.5) is 11.4 Å². The van der Waals surface area contributed by atoms with E-state index >= 15 is 0 Å². The molecule has 134 valence electrons. The lowest BCUT2D eigenvalue weighted by Gasteiger charge is -2.17. The molecule has 4 rings (SSSR count). The number of rotatable bonds is 5. The first-order valence-corrected chi connectivity index (χ1v) is 9.26. The van der Waals surface area contributed by atoms with Crippen molar-refractivity contribution >= 4 is 23.2 Å². The van der Waals surface area contributed by atoms with Crippen molar-refractivity contribution in [2.24, 2.45) is 0 Å². The summed E-state index contributed by atoms with van der Waals surface area (Å²) in [6, 6.07) is 15.1. The normalized spacial score (nSPS) is 16.4. The zero-order chi connectivity index (χ0) is 17.9. The monoisotopic (exact) mass is 349 g/mol. The van der Waals surface area contributed by atoms with E-state index in [2.05, 4.69) is 15.5 Å². The van der Waals surface area contributed by atoms with Crippen LogP contribution in [0.3, 0.4) is 0 Å². The van der Waals surface area contributed by atoms with Gasteiger partial charge in [-0.25, -0.2) is 0 Å². The highest BCUT2D eigenvalue weighted by Gasteiger charge is 2.23. The van der Waals surface area contributed by atoms with Crippen LogP contribution in [-0.2, 0) is 0 Å². The predicted molar refractivity (Wildman–Crippen MR) is 103 cm³/mol. The second-order valence-corrected chi connectivity index (χ2v) is 7.02. The number of anilines is 2. The van der Waals surface area contributed by atoms with E-state index in [1.54, 1.807) is 24.3 Å². The van der Waals surface area contributed by atoms with Crippen LogP contribution in [0.2, 0.25) is 0 Å². The highest BCUT2D eigenvalue weighted by atomic mass is 16.2. The van der Waals surface area contributed by atoms with Crippen molar-refractivity contribution in [1.82, 2.24) is 5.32 Å². The summed E-state index contributed by atoms with van der Waals surface area (Å²) >= 11 is 0. The van der Waals surface area contributed by atoms with Crippen molar-refractivity contribution in [3.05, 3.63) is 59.7 Å². The van der Waals surface area contributed by atoms with Crippen LogP contribution in [0.15, 0.2) is 48.5 Å². The van der Waals surface area contributed by atoms with Crippen molar-refractivity contribution in [2.75, 3.05) is 23.3 Å². The second-order valence-electron chi connectivity index (χ2n) is 7.02. The van der Waals surface area contributed by atoms with E-state index in [4.69, 9.17) is 0 Å². The molecule has 1 saturated heterocycles. The maximum atomic E-state index is 12.4. The minimum Gasteiger partial charge on any atom is -0.372 e. The molecule has 1 heterocycles. The fourth-order valence-corrected chi connectivity index (χ4v) is 3.20. The fourth-order valence-electron chi connectivity index (χ4n) is 3.20. The van der Waals surface area contributed by atoms with E-state index in [9.17, 15) is 9.59 Å². The number of hydrogen-bond acceptors (Lipinski definition) is 3. The van der Waals surface area contributed by atoms with Gasteiger partial charge in [0.2, 0.25) is 0 Å². The molecule has 1 aliphatic carbocycles. The molecule has 0 radical (unpaired) electrons. The van der Waals surface area contributed by atoms with E-state index in [0.29, 0.717) is 17.2 Å². The number of nitrogens with one attached hydrogen (secondary N) is 2. The van der Waals surface area contributed by atoms with Gasteiger partial charge in [0, 0.05) is 41.6 Å². The van der Waals surface area contributed by atoms with Crippen LogP contribution >= 0.6 is 0 Å². The summed E-state index contributed by atoms with van der Waals surface area (Å²) in [5.74, 6) is -0.245. The van der Waals surface area contributed by atoms with Crippen molar-refractivity contribution < 1.29 is 9.59 Å². The molecule has 2 aromatic carbocycles. The Morgan fingerprint density at radius 3 is 1.96 bits per heavy atom. The molecule has 0 atom stereocenters. The van der Waals surface area contributed by atoms with E-state index in [1.165, 1.54) is 18.5 Å². The van der Waals surface area contributed by atoms with Crippen molar-refractivity contribution in [3.8, 4) is 0 Å². The minimum absolute atomic E-state index is 0.0723. The first-order valence-electron chi connectivity index (χ1n) is 9.26. The Hall–Kier alpha value is -2.82. The first-order chi connectivity index (χ1) is 12.7. The van der Waals surface area contributed by atoms with Crippen LogP contribution in [0.1, 0.15) is 46.4 Å². The molecule has 0 aromatic heterocycles. The summed E-state index contributed by atoms with van der Waals surface area (Å²) < 4.78 is 0. The summed E-state index contributed by atoms with van der Waals surface area (Å²) in [5, 5.41) is 5.85. The largest absolute Gasteiger partial charge is 0.372 e. The van der Waals surface area contributed by atoms with Crippen LogP contribution in [0.5, 0.6) is 0 Å². The van der Waals surface area contributed by atoms with Crippen LogP contribution in [0.25, 0.3) is 0 Å². The molecular formula is C21H23N3O2. The molecule has 1 aliphatic heterocycles. The van der Waals surface area contributed by atoms with Gasteiger partial charge < -0.3 is 15.5 Å². The molecule has 0 bridgehead atoms. The number of carbonyl (C=O) groups is 2. The zero-order valence-electron chi connectivity index (χ0n) is 14.7. The van der Waals surface area contributed by atoms with Gasteiger partial charge in [0.1, 0.15) is 0 Å². The molecule has 0 unspecified atom stereocenters. The van der Waals surface area contributed by atoms with Crippen LogP contribution in [0, 0.1) is 0 Å². The predicted octanol–water partition coefficient (Wildman–Crippen LogP) is 3.43. The van der Waals surface area contributed by atoms with Gasteiger partial charge in [-0.2, -0.15) is 0 Å². The van der Waals surface area contributed by atoms with Gasteiger partial charge in [0.05, 0.1) is 0 Å². The lowest BCUT2D eigenvalue weighted by atomic mass is 10.1. The average molecular weight is 349 g/mol. The molecule has 0 spiro atoms. The average Bonchev–Trinajstić information content (AvgIpc) is 3.31. The minimum atomic E-state index is -0.173.